The van der Waals surface area contributed by atoms with Crippen LogP contribution in [0.4, 0.5) is 0 Å². The molecule has 0 amide bonds. The molecular formula is C7H12N4. The van der Waals surface area contributed by atoms with E-state index in [1.807, 2.05) is 0 Å². The second-order valence-electron chi connectivity index (χ2n) is 3.76. The van der Waals surface area contributed by atoms with Crippen LogP contribution in [0.5, 0.6) is 0 Å². The normalized spacial score (nSPS) is 46.3. The van der Waals surface area contributed by atoms with Gasteiger partial charge in [-0.3, -0.25) is 0 Å². The number of hydrogen-bond donors (Lipinski definition) is 1. The van der Waals surface area contributed by atoms with Gasteiger partial charge in [0.25, 0.3) is 0 Å². The molecule has 0 radical (unpaired) electrons. The van der Waals surface area contributed by atoms with Gasteiger partial charge in [-0.25, -0.2) is 0 Å². The van der Waals surface area contributed by atoms with Crippen LogP contribution in [0.25, 0.3) is 10.4 Å². The maximum atomic E-state index is 8.15. The Bertz CT molecular complexity index is 220. The number of nitrogens with zero attached hydrogens (tertiary/aromatic N) is 3. The summed E-state index contributed by atoms with van der Waals surface area (Å²) < 4.78 is 0. The van der Waals surface area contributed by atoms with Gasteiger partial charge >= 0.3 is 0 Å². The average molecular weight is 152 g/mol. The van der Waals surface area contributed by atoms with Gasteiger partial charge < -0.3 is 5.73 Å². The first kappa shape index (κ1) is 6.95. The van der Waals surface area contributed by atoms with E-state index in [0.29, 0.717) is 23.9 Å². The minimum Gasteiger partial charge on any atom is -0.327 e. The lowest BCUT2D eigenvalue weighted by molar-refractivity contribution is 0.500. The minimum absolute atomic E-state index is 0.339. The van der Waals surface area contributed by atoms with Crippen molar-refractivity contribution in [2.24, 2.45) is 22.2 Å². The lowest BCUT2D eigenvalue weighted by Crippen LogP contribution is -2.18. The quantitative estimate of drug-likeness (QED) is 0.362. The summed E-state index contributed by atoms with van der Waals surface area (Å²) in [5.74, 6) is 0.660. The second-order valence-corrected chi connectivity index (χ2v) is 3.76. The van der Waals surface area contributed by atoms with Crippen LogP contribution in [0.1, 0.15) is 19.3 Å². The van der Waals surface area contributed by atoms with E-state index in [4.69, 9.17) is 11.3 Å². The van der Waals surface area contributed by atoms with Gasteiger partial charge in [-0.15, -0.1) is 0 Å². The lowest BCUT2D eigenvalue weighted by atomic mass is 10.1. The number of azide groups is 1. The monoisotopic (exact) mass is 152 g/mol. The Morgan fingerprint density at radius 3 is 3.00 bits per heavy atom. The molecule has 0 aliphatic heterocycles. The van der Waals surface area contributed by atoms with Gasteiger partial charge in [0.1, 0.15) is 0 Å². The van der Waals surface area contributed by atoms with Crippen molar-refractivity contribution in [1.29, 1.82) is 0 Å². The summed E-state index contributed by atoms with van der Waals surface area (Å²) in [5, 5.41) is 3.63. The number of nitrogens with two attached hydrogens (primary N) is 1. The Morgan fingerprint density at radius 1 is 1.73 bits per heavy atom. The molecule has 0 bridgehead atoms. The Balaban J connectivity index is 2.00. The van der Waals surface area contributed by atoms with Gasteiger partial charge in [0.05, 0.1) is 0 Å². The second kappa shape index (κ2) is 2.13. The molecule has 0 aromatic rings. The summed E-state index contributed by atoms with van der Waals surface area (Å²) in [5.41, 5.74) is 14.3. The van der Waals surface area contributed by atoms with E-state index in [1.165, 1.54) is 6.42 Å². The van der Waals surface area contributed by atoms with Gasteiger partial charge in [-0.1, -0.05) is 5.11 Å². The molecule has 0 saturated heterocycles. The predicted molar refractivity (Wildman–Crippen MR) is 41.8 cm³/mol. The largest absolute Gasteiger partial charge is 0.327 e. The van der Waals surface area contributed by atoms with Crippen molar-refractivity contribution in [1.82, 2.24) is 0 Å². The van der Waals surface area contributed by atoms with Crippen LogP contribution in [-0.2, 0) is 0 Å². The highest BCUT2D eigenvalue weighted by molar-refractivity contribution is 5.12. The molecule has 2 saturated carbocycles. The molecule has 0 aromatic carbocycles. The highest BCUT2D eigenvalue weighted by Crippen LogP contribution is 2.62. The van der Waals surface area contributed by atoms with E-state index in [9.17, 15) is 0 Å². The van der Waals surface area contributed by atoms with Crippen molar-refractivity contribution in [3.05, 3.63) is 10.4 Å². The Hall–Kier alpha value is -0.730. The summed E-state index contributed by atoms with van der Waals surface area (Å²) in [6.45, 7) is 0.669. The third-order valence-electron chi connectivity index (χ3n) is 3.19. The topological polar surface area (TPSA) is 74.8 Å². The van der Waals surface area contributed by atoms with Gasteiger partial charge in [-0.05, 0) is 36.1 Å². The molecule has 0 heterocycles. The van der Waals surface area contributed by atoms with Crippen LogP contribution in [0.2, 0.25) is 0 Å². The zero-order chi connectivity index (χ0) is 7.90. The van der Waals surface area contributed by atoms with Crippen molar-refractivity contribution >= 4 is 0 Å². The summed E-state index contributed by atoms with van der Waals surface area (Å²) in [6.07, 6.45) is 3.47. The molecule has 2 rings (SSSR count). The van der Waals surface area contributed by atoms with Gasteiger partial charge in [-0.2, -0.15) is 0 Å². The first-order valence-electron chi connectivity index (χ1n) is 4.05. The third kappa shape index (κ3) is 0.905. The number of hydrogen-bond acceptors (Lipinski definition) is 2. The molecule has 2 N–H and O–H groups in total. The summed E-state index contributed by atoms with van der Waals surface area (Å²) in [4.78, 5) is 2.78. The van der Waals surface area contributed by atoms with Crippen LogP contribution in [0.15, 0.2) is 5.11 Å². The zero-order valence-corrected chi connectivity index (χ0v) is 6.40. The molecule has 4 nitrogen and oxygen atoms in total. The molecular weight excluding hydrogens is 140 g/mol. The van der Waals surface area contributed by atoms with Crippen molar-refractivity contribution < 1.29 is 0 Å². The first-order valence-corrected chi connectivity index (χ1v) is 4.05. The highest BCUT2D eigenvalue weighted by Gasteiger charge is 2.59. The molecule has 4 heteroatoms. The summed E-state index contributed by atoms with van der Waals surface area (Å²) >= 11 is 0. The smallest absolute Gasteiger partial charge is 0.0317 e. The Labute approximate surface area is 65.4 Å². The van der Waals surface area contributed by atoms with E-state index in [2.05, 4.69) is 10.0 Å². The van der Waals surface area contributed by atoms with E-state index in [0.717, 1.165) is 12.8 Å². The minimum atomic E-state index is 0.339. The van der Waals surface area contributed by atoms with E-state index < -0.39 is 0 Å². The van der Waals surface area contributed by atoms with Crippen molar-refractivity contribution in [3.8, 4) is 0 Å². The lowest BCUT2D eigenvalue weighted by Gasteiger charge is -2.04. The molecule has 2 aliphatic carbocycles. The SMILES string of the molecule is [N-]=[N+]=NCC12CCC(N)C1C2. The highest BCUT2D eigenvalue weighted by atomic mass is 15.1. The van der Waals surface area contributed by atoms with Gasteiger partial charge in [0.15, 0.2) is 0 Å². The third-order valence-corrected chi connectivity index (χ3v) is 3.19. The maximum Gasteiger partial charge on any atom is 0.0317 e. The standard InChI is InChI=1S/C7H12N4/c8-6-1-2-7(3-5(6)7)4-10-11-9/h5-6H,1-4,8H2. The van der Waals surface area contributed by atoms with Crippen molar-refractivity contribution in [2.45, 2.75) is 25.3 Å². The fraction of sp³-hybridized carbons (Fsp3) is 1.00. The molecule has 2 fully saturated rings. The Kier molecular flexibility index (Phi) is 1.34. The van der Waals surface area contributed by atoms with Gasteiger partial charge in [0.2, 0.25) is 0 Å². The predicted octanol–water partition coefficient (Wildman–Crippen LogP) is 1.42. The van der Waals surface area contributed by atoms with Crippen LogP contribution in [0.3, 0.4) is 0 Å². The van der Waals surface area contributed by atoms with Crippen molar-refractivity contribution in [2.75, 3.05) is 6.54 Å². The molecule has 0 aromatic heterocycles. The maximum absolute atomic E-state index is 8.15. The van der Waals surface area contributed by atoms with Crippen LogP contribution >= 0.6 is 0 Å². The average Bonchev–Trinajstić information content (AvgIpc) is 2.66. The van der Waals surface area contributed by atoms with E-state index in [1.54, 1.807) is 0 Å². The molecule has 3 unspecified atom stereocenters. The van der Waals surface area contributed by atoms with Crippen LogP contribution in [-0.4, -0.2) is 12.6 Å². The molecule has 2 aliphatic rings. The molecule has 3 atom stereocenters. The van der Waals surface area contributed by atoms with Crippen molar-refractivity contribution in [3.63, 3.8) is 0 Å². The summed E-state index contributed by atoms with van der Waals surface area (Å²) in [6, 6.07) is 0.379. The van der Waals surface area contributed by atoms with E-state index >= 15 is 0 Å². The van der Waals surface area contributed by atoms with Gasteiger partial charge in [0, 0.05) is 17.5 Å². The fourth-order valence-corrected chi connectivity index (χ4v) is 2.36. The van der Waals surface area contributed by atoms with Crippen LogP contribution in [0, 0.1) is 11.3 Å². The number of rotatable bonds is 2. The zero-order valence-electron chi connectivity index (χ0n) is 6.40. The van der Waals surface area contributed by atoms with Crippen LogP contribution < -0.4 is 5.73 Å². The van der Waals surface area contributed by atoms with E-state index in [-0.39, 0.29) is 0 Å². The first-order chi connectivity index (χ1) is 5.28. The Morgan fingerprint density at radius 2 is 2.55 bits per heavy atom. The fourth-order valence-electron chi connectivity index (χ4n) is 2.36. The summed E-state index contributed by atoms with van der Waals surface area (Å²) in [7, 11) is 0. The number of fused-ring (bicyclic) bond motifs is 1. The molecule has 60 valence electrons. The molecule has 11 heavy (non-hydrogen) atoms. The molecule has 0 spiro atoms.